The molecule has 0 radical (unpaired) electrons. The van der Waals surface area contributed by atoms with E-state index in [0.717, 1.165) is 0 Å². The van der Waals surface area contributed by atoms with Crippen molar-refractivity contribution in [1.29, 1.82) is 0 Å². The predicted octanol–water partition coefficient (Wildman–Crippen LogP) is 7.25. The molecule has 47 heteroatoms. The number of aromatic hydroxyl groups is 2. The van der Waals surface area contributed by atoms with E-state index in [1.165, 1.54) is 25.1 Å². The minimum atomic E-state index is -5.88. The van der Waals surface area contributed by atoms with Gasteiger partial charge in [0.2, 0.25) is 0 Å². The molecule has 0 fully saturated rings. The van der Waals surface area contributed by atoms with Crippen LogP contribution in [0.5, 0.6) is 17.2 Å². The standard InChI is InChI=1S/C42H34N10O29S8/c1-18-3-5-20(81-9-2-10-82(57,58)59)12-26(18)46-47-27-15-33(86(69,70)71)28(16-32(27)85(66,67)68)48-50-38-34(87(72,73)74)13-22-21(40(38)53)6-8-25(42(22)89(78,79)80)45-49-29-17-30(83(60,61)62)23-14-35(88(75,76)77)39(41(54)36(23)37(29)43)51-44-24-7-4-19(52(55)56)11-31(24)84(63,64)65/h3-8,11-17,53-54H,2,9-10,43H2,1H3,(H,57,58,59)(H,60,61,62)(H,63,64,65)(H,66,67,68)(H,69,70,71)(H,72,73,74)(H,75,76,77)(H,78,79,80)/b47-46-,49-45?,50-48-,51-44-. The summed E-state index contributed by atoms with van der Waals surface area (Å²) >= 11 is 0. The molecule has 0 aliphatic carbocycles. The number of nitro benzene ring substituents is 1. The Morgan fingerprint density at radius 3 is 1.39 bits per heavy atom. The maximum Gasteiger partial charge on any atom is 0.297 e. The summed E-state index contributed by atoms with van der Waals surface area (Å²) in [6.45, 7) is 1.20. The second-order valence-corrected chi connectivity index (χ2v) is 28.9. The molecule has 0 saturated carbocycles. The molecule has 0 aromatic heterocycles. The number of benzene rings is 7. The van der Waals surface area contributed by atoms with Gasteiger partial charge in [-0.1, -0.05) is 6.07 Å². The number of rotatable bonds is 21. The van der Waals surface area contributed by atoms with E-state index >= 15 is 0 Å². The lowest BCUT2D eigenvalue weighted by atomic mass is 10.0. The second-order valence-electron chi connectivity index (χ2n) is 17.6. The topological polar surface area (TPSA) is 653 Å². The molecule has 39 nitrogen and oxygen atoms in total. The minimum absolute atomic E-state index is 0.0238. The third-order valence-corrected chi connectivity index (χ3v) is 18.7. The van der Waals surface area contributed by atoms with Gasteiger partial charge in [0.25, 0.3) is 86.6 Å². The highest BCUT2D eigenvalue weighted by molar-refractivity contribution is 7.88. The van der Waals surface area contributed by atoms with Crippen LogP contribution in [0.4, 0.5) is 56.9 Å². The molecule has 89 heavy (non-hydrogen) atoms. The first-order chi connectivity index (χ1) is 40.7. The van der Waals surface area contributed by atoms with E-state index in [4.69, 9.17) is 15.0 Å². The van der Waals surface area contributed by atoms with Crippen molar-refractivity contribution in [2.75, 3.05) is 18.1 Å². The van der Waals surface area contributed by atoms with Crippen LogP contribution in [-0.2, 0) is 80.9 Å². The van der Waals surface area contributed by atoms with Crippen molar-refractivity contribution in [2.45, 2.75) is 47.6 Å². The summed E-state index contributed by atoms with van der Waals surface area (Å²) in [5.41, 5.74) is -4.02. The van der Waals surface area contributed by atoms with Gasteiger partial charge < -0.3 is 20.7 Å². The van der Waals surface area contributed by atoms with E-state index in [2.05, 4.69) is 40.9 Å². The Bertz CT molecular complexity index is 5340. The number of nitrogen functional groups attached to an aromatic ring is 1. The van der Waals surface area contributed by atoms with E-state index in [1.54, 1.807) is 0 Å². The van der Waals surface area contributed by atoms with E-state index in [-0.39, 0.29) is 54.8 Å². The van der Waals surface area contributed by atoms with Gasteiger partial charge in [0.1, 0.15) is 79.8 Å². The highest BCUT2D eigenvalue weighted by Gasteiger charge is 2.32. The van der Waals surface area contributed by atoms with E-state index < -0.39 is 210 Å². The number of phenols is 2. The number of azo groups is 4. The minimum Gasteiger partial charge on any atom is -0.505 e. The van der Waals surface area contributed by atoms with Crippen LogP contribution < -0.4 is 10.5 Å². The fourth-order valence-corrected chi connectivity index (χ4v) is 13.0. The van der Waals surface area contributed by atoms with Crippen molar-refractivity contribution >= 4 is 159 Å². The summed E-state index contributed by atoms with van der Waals surface area (Å²) in [5, 5.41) is 58.3. The summed E-state index contributed by atoms with van der Waals surface area (Å²) in [6.07, 6.45) is -0.173. The number of ether oxygens (including phenoxy) is 1. The molecule has 12 N–H and O–H groups in total. The Morgan fingerprint density at radius 2 is 0.888 bits per heavy atom. The van der Waals surface area contributed by atoms with Crippen LogP contribution in [0.25, 0.3) is 21.5 Å². The first-order valence-electron chi connectivity index (χ1n) is 22.8. The van der Waals surface area contributed by atoms with Gasteiger partial charge in [-0.15, -0.1) is 35.8 Å². The van der Waals surface area contributed by atoms with E-state index in [1.807, 2.05) is 0 Å². The van der Waals surface area contributed by atoms with Crippen molar-refractivity contribution < 1.29 is 124 Å². The van der Waals surface area contributed by atoms with Crippen LogP contribution in [0, 0.1) is 17.0 Å². The number of phenolic OH excluding ortho intramolecular Hbond substituents is 2. The Labute approximate surface area is 498 Å². The molecular formula is C42H34N10O29S8. The summed E-state index contributed by atoms with van der Waals surface area (Å²) < 4.78 is 286. The van der Waals surface area contributed by atoms with Crippen molar-refractivity contribution in [3.63, 3.8) is 0 Å². The van der Waals surface area contributed by atoms with Crippen molar-refractivity contribution in [3.05, 3.63) is 94.5 Å². The Kier molecular flexibility index (Phi) is 18.3. The zero-order valence-electron chi connectivity index (χ0n) is 43.2. The molecular weight excluding hydrogens is 1370 g/mol. The number of hydrogen-bond donors (Lipinski definition) is 11. The monoisotopic (exact) mass is 1400 g/mol. The molecule has 474 valence electrons. The molecule has 0 aliphatic heterocycles. The first kappa shape index (κ1) is 67.8. The summed E-state index contributed by atoms with van der Waals surface area (Å²) in [5.74, 6) is -3.78. The smallest absolute Gasteiger partial charge is 0.297 e. The predicted molar refractivity (Wildman–Crippen MR) is 298 cm³/mol. The summed E-state index contributed by atoms with van der Waals surface area (Å²) in [4.78, 5) is -0.155. The molecule has 0 unspecified atom stereocenters. The fraction of sp³-hybridized carbons (Fsp3) is 0.0952. The van der Waals surface area contributed by atoms with Crippen LogP contribution in [0.15, 0.2) is 154 Å². The molecule has 7 rings (SSSR count). The van der Waals surface area contributed by atoms with Gasteiger partial charge in [-0.25, -0.2) is 0 Å². The molecule has 0 saturated heterocycles. The molecule has 0 bridgehead atoms. The highest BCUT2D eigenvalue weighted by atomic mass is 32.2. The highest BCUT2D eigenvalue weighted by Crippen LogP contribution is 2.50. The van der Waals surface area contributed by atoms with Gasteiger partial charge in [0.15, 0.2) is 11.5 Å². The average Bonchev–Trinajstić information content (AvgIpc) is 0.758. The molecule has 0 spiro atoms. The Morgan fingerprint density at radius 1 is 0.449 bits per heavy atom. The summed E-state index contributed by atoms with van der Waals surface area (Å²) in [6, 6.07) is 7.75. The van der Waals surface area contributed by atoms with E-state index in [9.17, 15) is 120 Å². The van der Waals surface area contributed by atoms with Gasteiger partial charge in [-0.3, -0.25) is 46.5 Å². The van der Waals surface area contributed by atoms with Gasteiger partial charge >= 0.3 is 0 Å². The SMILES string of the molecule is Cc1ccc(OCCCS(=O)(=O)O)cc1/N=N\c1cc(S(=O)(=O)O)c(/N=N\c2c(S(=O)(=O)O)cc3c(S(=O)(=O)O)c(N=Nc4cc(S(=O)(=O)O)c5cc(S(=O)(=O)O)c(/N=N\c6ccc([N+](=O)[O-])cc6S(=O)(=O)O)c(O)c5c4N)ccc3c2O)cc1S(=O)(=O)O. The van der Waals surface area contributed by atoms with Crippen LogP contribution in [0.3, 0.4) is 0 Å². The second kappa shape index (κ2) is 24.0. The quantitative estimate of drug-likeness (QED) is 0.00842. The van der Waals surface area contributed by atoms with E-state index in [0.29, 0.717) is 35.9 Å². The Balaban J connectivity index is 1.38. The third kappa shape index (κ3) is 15.3. The molecule has 7 aromatic carbocycles. The molecule has 0 amide bonds. The number of hydrogen-bond acceptors (Lipinski definition) is 30. The number of nitro groups is 1. The van der Waals surface area contributed by atoms with Crippen LogP contribution >= 0.6 is 0 Å². The van der Waals surface area contributed by atoms with Crippen LogP contribution in [-0.4, -0.2) is 131 Å². The average molecular weight is 1400 g/mol. The molecule has 0 aliphatic rings. The lowest BCUT2D eigenvalue weighted by Crippen LogP contribution is -2.08. The van der Waals surface area contributed by atoms with Crippen LogP contribution in [0.1, 0.15) is 12.0 Å². The number of anilines is 1. The van der Waals surface area contributed by atoms with Crippen LogP contribution in [0.2, 0.25) is 0 Å². The summed E-state index contributed by atoms with van der Waals surface area (Å²) in [7, 11) is -44.1. The van der Waals surface area contributed by atoms with Gasteiger partial charge in [0, 0.05) is 34.4 Å². The lowest BCUT2D eigenvalue weighted by molar-refractivity contribution is -0.385. The largest absolute Gasteiger partial charge is 0.505 e. The van der Waals surface area contributed by atoms with Crippen molar-refractivity contribution in [2.24, 2.45) is 40.9 Å². The van der Waals surface area contributed by atoms with Gasteiger partial charge in [-0.2, -0.15) is 72.5 Å². The fourth-order valence-electron chi connectivity index (χ4n) is 7.78. The van der Waals surface area contributed by atoms with Gasteiger partial charge in [0.05, 0.1) is 34.0 Å². The van der Waals surface area contributed by atoms with Gasteiger partial charge in [-0.05, 0) is 73.5 Å². The van der Waals surface area contributed by atoms with Crippen molar-refractivity contribution in [3.8, 4) is 17.2 Å². The number of nitrogens with zero attached hydrogens (tertiary/aromatic N) is 9. The maximum absolute atomic E-state index is 13.2. The number of aryl methyl sites for hydroxylation is 1. The maximum atomic E-state index is 13.2. The van der Waals surface area contributed by atoms with Crippen molar-refractivity contribution in [1.82, 2.24) is 0 Å². The lowest BCUT2D eigenvalue weighted by Gasteiger charge is -2.15. The number of fused-ring (bicyclic) bond motifs is 2. The third-order valence-electron chi connectivity index (χ3n) is 11.6. The zero-order chi connectivity index (χ0) is 66.7. The molecule has 0 heterocycles. The zero-order valence-corrected chi connectivity index (χ0v) is 49.8. The molecule has 7 aromatic rings. The normalized spacial score (nSPS) is 13.4. The number of non-ortho nitro benzene ring substituents is 1. The molecule has 0 atom stereocenters. The Hall–Kier alpha value is -8.66. The number of nitrogens with two attached hydrogens (primary N) is 1. The first-order valence-corrected chi connectivity index (χ1v) is 34.5.